The Bertz CT molecular complexity index is 1250. The number of fused-ring (bicyclic) bond motifs is 1. The fraction of sp³-hybridized carbons (Fsp3) is 0.227. The molecular weight excluding hydrogens is 398 g/mol. The van der Waals surface area contributed by atoms with Crippen molar-refractivity contribution in [3.8, 4) is 16.9 Å². The van der Waals surface area contributed by atoms with E-state index in [0.29, 0.717) is 28.1 Å². The van der Waals surface area contributed by atoms with Crippen molar-refractivity contribution in [1.29, 1.82) is 0 Å². The van der Waals surface area contributed by atoms with Gasteiger partial charge in [0.15, 0.2) is 0 Å². The summed E-state index contributed by atoms with van der Waals surface area (Å²) in [6, 6.07) is 8.88. The van der Waals surface area contributed by atoms with E-state index in [0.717, 1.165) is 22.5 Å². The monoisotopic (exact) mass is 419 g/mol. The predicted octanol–water partition coefficient (Wildman–Crippen LogP) is 4.99. The van der Waals surface area contributed by atoms with Crippen LogP contribution in [0, 0.1) is 24.0 Å². The van der Waals surface area contributed by atoms with E-state index in [-0.39, 0.29) is 11.7 Å². The summed E-state index contributed by atoms with van der Waals surface area (Å²) in [7, 11) is 1.55. The SMILES string of the molecule is COc1cc2c(N[C@H](C)c3ccccn3)c([N+](=O)[O-])cnc2cc1-c1c(C)noc1C. The standard InChI is InChI=1S/C22H21N5O4/c1-12(17-7-5-6-8-23-17)25-22-15-10-20(30-4)16(21-13(2)26-31-14(21)3)9-18(15)24-11-19(22)27(28)29/h5-12H,1-4H3,(H,24,25)/t12-/m1/s1. The van der Waals surface area contributed by atoms with Crippen LogP contribution < -0.4 is 10.1 Å². The Hall–Kier alpha value is -4.01. The lowest BCUT2D eigenvalue weighted by atomic mass is 9.99. The van der Waals surface area contributed by atoms with Crippen LogP contribution in [0.2, 0.25) is 0 Å². The molecule has 0 aliphatic heterocycles. The molecule has 0 radical (unpaired) electrons. The van der Waals surface area contributed by atoms with Crippen LogP contribution in [-0.4, -0.2) is 27.2 Å². The van der Waals surface area contributed by atoms with E-state index in [4.69, 9.17) is 9.26 Å². The summed E-state index contributed by atoms with van der Waals surface area (Å²) in [5.74, 6) is 1.19. The topological polar surface area (TPSA) is 116 Å². The molecule has 31 heavy (non-hydrogen) atoms. The van der Waals surface area contributed by atoms with Crippen LogP contribution in [0.15, 0.2) is 47.2 Å². The summed E-state index contributed by atoms with van der Waals surface area (Å²) < 4.78 is 10.9. The van der Waals surface area contributed by atoms with E-state index in [1.807, 2.05) is 45.0 Å². The maximum atomic E-state index is 11.7. The molecule has 4 aromatic rings. The number of nitrogens with zero attached hydrogens (tertiary/aromatic N) is 4. The van der Waals surface area contributed by atoms with E-state index in [1.54, 1.807) is 19.4 Å². The van der Waals surface area contributed by atoms with Crippen LogP contribution >= 0.6 is 0 Å². The van der Waals surface area contributed by atoms with Crippen LogP contribution in [0.5, 0.6) is 5.75 Å². The predicted molar refractivity (Wildman–Crippen MR) is 116 cm³/mol. The highest BCUT2D eigenvalue weighted by Gasteiger charge is 2.24. The third kappa shape index (κ3) is 3.65. The number of aryl methyl sites for hydroxylation is 2. The molecule has 0 amide bonds. The molecule has 1 aromatic carbocycles. The number of hydrogen-bond acceptors (Lipinski definition) is 8. The lowest BCUT2D eigenvalue weighted by molar-refractivity contribution is -0.384. The molecule has 0 saturated heterocycles. The number of anilines is 1. The molecule has 0 aliphatic rings. The molecule has 1 N–H and O–H groups in total. The number of hydrogen-bond donors (Lipinski definition) is 1. The quantitative estimate of drug-likeness (QED) is 0.343. The van der Waals surface area contributed by atoms with Gasteiger partial charge < -0.3 is 14.6 Å². The van der Waals surface area contributed by atoms with Gasteiger partial charge >= 0.3 is 5.69 Å². The summed E-state index contributed by atoms with van der Waals surface area (Å²) in [5, 5.41) is 19.6. The molecule has 0 saturated carbocycles. The summed E-state index contributed by atoms with van der Waals surface area (Å²) >= 11 is 0. The van der Waals surface area contributed by atoms with E-state index in [2.05, 4.69) is 20.4 Å². The Labute approximate surface area is 178 Å². The van der Waals surface area contributed by atoms with Crippen molar-refractivity contribution >= 4 is 22.3 Å². The van der Waals surface area contributed by atoms with Crippen LogP contribution in [-0.2, 0) is 0 Å². The fourth-order valence-corrected chi connectivity index (χ4v) is 3.65. The zero-order valence-electron chi connectivity index (χ0n) is 17.5. The van der Waals surface area contributed by atoms with Gasteiger partial charge in [-0.25, -0.2) is 4.98 Å². The smallest absolute Gasteiger partial charge is 0.311 e. The summed E-state index contributed by atoms with van der Waals surface area (Å²) in [6.07, 6.45) is 2.95. The Morgan fingerprint density at radius 1 is 1.23 bits per heavy atom. The molecular formula is C22H21N5O4. The molecule has 3 heterocycles. The minimum atomic E-state index is -0.450. The van der Waals surface area contributed by atoms with Crippen LogP contribution in [0.25, 0.3) is 22.0 Å². The van der Waals surface area contributed by atoms with Gasteiger partial charge in [0.25, 0.3) is 0 Å². The van der Waals surface area contributed by atoms with E-state index in [9.17, 15) is 10.1 Å². The maximum absolute atomic E-state index is 11.7. The zero-order valence-corrected chi connectivity index (χ0v) is 17.5. The first-order valence-corrected chi connectivity index (χ1v) is 9.66. The number of aromatic nitrogens is 3. The highest BCUT2D eigenvalue weighted by atomic mass is 16.6. The molecule has 0 fully saturated rings. The van der Waals surface area contributed by atoms with Gasteiger partial charge in [-0.1, -0.05) is 11.2 Å². The van der Waals surface area contributed by atoms with Gasteiger partial charge in [-0.2, -0.15) is 0 Å². The minimum Gasteiger partial charge on any atom is -0.496 e. The van der Waals surface area contributed by atoms with Crippen molar-refractivity contribution in [2.75, 3.05) is 12.4 Å². The van der Waals surface area contributed by atoms with Crippen LogP contribution in [0.3, 0.4) is 0 Å². The second-order valence-corrected chi connectivity index (χ2v) is 7.16. The number of pyridine rings is 2. The number of nitrogens with one attached hydrogen (secondary N) is 1. The third-order valence-corrected chi connectivity index (χ3v) is 5.16. The van der Waals surface area contributed by atoms with Gasteiger partial charge in [-0.15, -0.1) is 0 Å². The highest BCUT2D eigenvalue weighted by Crippen LogP contribution is 2.41. The van der Waals surface area contributed by atoms with Gasteiger partial charge in [-0.05, 0) is 45.0 Å². The number of nitro groups is 1. The third-order valence-electron chi connectivity index (χ3n) is 5.16. The molecule has 0 aliphatic carbocycles. The second kappa shape index (κ2) is 8.02. The first kappa shape index (κ1) is 20.3. The van der Waals surface area contributed by atoms with E-state index >= 15 is 0 Å². The zero-order chi connectivity index (χ0) is 22.1. The average Bonchev–Trinajstić information content (AvgIpc) is 3.11. The Morgan fingerprint density at radius 3 is 2.65 bits per heavy atom. The largest absolute Gasteiger partial charge is 0.496 e. The molecule has 4 rings (SSSR count). The van der Waals surface area contributed by atoms with E-state index < -0.39 is 4.92 Å². The van der Waals surface area contributed by atoms with Gasteiger partial charge in [0.05, 0.1) is 40.5 Å². The number of benzene rings is 1. The van der Waals surface area contributed by atoms with Gasteiger partial charge in [-0.3, -0.25) is 15.1 Å². The van der Waals surface area contributed by atoms with Crippen molar-refractivity contribution in [1.82, 2.24) is 15.1 Å². The fourth-order valence-electron chi connectivity index (χ4n) is 3.65. The summed E-state index contributed by atoms with van der Waals surface area (Å²) in [4.78, 5) is 20.0. The molecule has 9 nitrogen and oxygen atoms in total. The van der Waals surface area contributed by atoms with Crippen LogP contribution in [0.1, 0.15) is 30.1 Å². The number of ether oxygens (including phenoxy) is 1. The lowest BCUT2D eigenvalue weighted by Gasteiger charge is -2.17. The molecule has 158 valence electrons. The van der Waals surface area contributed by atoms with Gasteiger partial charge in [0.2, 0.25) is 0 Å². The van der Waals surface area contributed by atoms with Crippen molar-refractivity contribution in [3.63, 3.8) is 0 Å². The normalized spacial score (nSPS) is 12.0. The summed E-state index contributed by atoms with van der Waals surface area (Å²) in [6.45, 7) is 5.57. The van der Waals surface area contributed by atoms with E-state index in [1.165, 1.54) is 6.20 Å². The first-order valence-electron chi connectivity index (χ1n) is 9.66. The number of rotatable bonds is 6. The van der Waals surface area contributed by atoms with Gasteiger partial charge in [0.1, 0.15) is 23.4 Å². The summed E-state index contributed by atoms with van der Waals surface area (Å²) in [5.41, 5.74) is 3.88. The van der Waals surface area contributed by atoms with Gasteiger partial charge in [0, 0.05) is 17.1 Å². The van der Waals surface area contributed by atoms with Crippen molar-refractivity contribution < 1.29 is 14.2 Å². The first-order chi connectivity index (χ1) is 14.9. The Kier molecular flexibility index (Phi) is 5.24. The molecule has 0 bridgehead atoms. The maximum Gasteiger partial charge on any atom is 0.311 e. The minimum absolute atomic E-state index is 0.123. The molecule has 0 spiro atoms. The molecule has 0 unspecified atom stereocenters. The Balaban J connectivity index is 1.91. The van der Waals surface area contributed by atoms with Crippen molar-refractivity contribution in [2.45, 2.75) is 26.8 Å². The molecule has 3 aromatic heterocycles. The average molecular weight is 419 g/mol. The Morgan fingerprint density at radius 2 is 2.03 bits per heavy atom. The molecule has 1 atom stereocenters. The van der Waals surface area contributed by atoms with Crippen molar-refractivity contribution in [3.05, 3.63) is 70.0 Å². The highest BCUT2D eigenvalue weighted by molar-refractivity contribution is 6.00. The lowest BCUT2D eigenvalue weighted by Crippen LogP contribution is -2.10. The van der Waals surface area contributed by atoms with Crippen molar-refractivity contribution in [2.24, 2.45) is 0 Å². The van der Waals surface area contributed by atoms with Crippen LogP contribution in [0.4, 0.5) is 11.4 Å². The number of methoxy groups -OCH3 is 1. The second-order valence-electron chi connectivity index (χ2n) is 7.16. The molecule has 9 heteroatoms.